The van der Waals surface area contributed by atoms with E-state index in [1.54, 1.807) is 23.6 Å². The van der Waals surface area contributed by atoms with Crippen LogP contribution in [0.5, 0.6) is 11.5 Å². The molecular formula is C31H23N3O5. The minimum Gasteiger partial charge on any atom is -0.458 e. The minimum absolute atomic E-state index is 0.0710. The SMILES string of the molecule is CCC1(O)C(=O)OCc2c1cc1n(c2=O)Cc2c-1nc1ccc(C=N)cc1c2Oc1cccc2ccccc12. The number of esters is 1. The predicted octanol–water partition coefficient (Wildman–Crippen LogP) is 5.02. The Kier molecular flexibility index (Phi) is 4.99. The van der Waals surface area contributed by atoms with Crippen LogP contribution in [0.25, 0.3) is 33.1 Å². The average Bonchev–Trinajstić information content (AvgIpc) is 3.34. The number of aromatic nitrogens is 2. The largest absolute Gasteiger partial charge is 0.458 e. The smallest absolute Gasteiger partial charge is 0.343 e. The molecule has 0 spiro atoms. The van der Waals surface area contributed by atoms with Crippen molar-refractivity contribution < 1.29 is 19.4 Å². The third-order valence-electron chi connectivity index (χ3n) is 7.79. The molecule has 0 radical (unpaired) electrons. The second-order valence-corrected chi connectivity index (χ2v) is 9.87. The number of cyclic esters (lactones) is 1. The molecular weight excluding hydrogens is 494 g/mol. The van der Waals surface area contributed by atoms with E-state index >= 15 is 0 Å². The van der Waals surface area contributed by atoms with E-state index in [4.69, 9.17) is 19.9 Å². The van der Waals surface area contributed by atoms with E-state index in [9.17, 15) is 14.7 Å². The number of ether oxygens (including phenoxy) is 2. The summed E-state index contributed by atoms with van der Waals surface area (Å²) in [7, 11) is 0. The van der Waals surface area contributed by atoms with Gasteiger partial charge in [0.15, 0.2) is 5.60 Å². The Bertz CT molecular complexity index is 1940. The lowest BCUT2D eigenvalue weighted by molar-refractivity contribution is -0.172. The molecule has 5 aromatic rings. The van der Waals surface area contributed by atoms with E-state index in [1.807, 2.05) is 54.6 Å². The maximum Gasteiger partial charge on any atom is 0.343 e. The fourth-order valence-corrected chi connectivity index (χ4v) is 5.66. The summed E-state index contributed by atoms with van der Waals surface area (Å²) in [6.07, 6.45) is 1.34. The number of pyridine rings is 2. The molecule has 8 heteroatoms. The van der Waals surface area contributed by atoms with E-state index < -0.39 is 11.6 Å². The first-order valence-corrected chi connectivity index (χ1v) is 12.7. The number of rotatable bonds is 4. The van der Waals surface area contributed by atoms with E-state index in [2.05, 4.69) is 0 Å². The minimum atomic E-state index is -1.90. The first kappa shape index (κ1) is 23.3. The summed E-state index contributed by atoms with van der Waals surface area (Å²) in [5, 5.41) is 21.7. The molecule has 8 nitrogen and oxygen atoms in total. The van der Waals surface area contributed by atoms with Crippen molar-refractivity contribution in [1.82, 2.24) is 9.55 Å². The zero-order valence-corrected chi connectivity index (χ0v) is 21.0. The molecule has 2 aromatic heterocycles. The molecule has 2 aliphatic rings. The number of aliphatic hydroxyl groups is 1. The van der Waals surface area contributed by atoms with Gasteiger partial charge in [-0.25, -0.2) is 9.78 Å². The van der Waals surface area contributed by atoms with Crippen LogP contribution >= 0.6 is 0 Å². The molecule has 0 bridgehead atoms. The molecule has 2 N–H and O–H groups in total. The summed E-state index contributed by atoms with van der Waals surface area (Å²) in [6, 6.07) is 21.0. The molecule has 3 aromatic carbocycles. The number of carbonyl (C=O) groups is 1. The lowest BCUT2D eigenvalue weighted by atomic mass is 9.86. The molecule has 2 aliphatic heterocycles. The van der Waals surface area contributed by atoms with E-state index in [0.29, 0.717) is 39.5 Å². The molecule has 1 atom stereocenters. The summed E-state index contributed by atoms with van der Waals surface area (Å²) in [6.45, 7) is 1.69. The molecule has 1 unspecified atom stereocenters. The van der Waals surface area contributed by atoms with Gasteiger partial charge in [0.05, 0.1) is 29.0 Å². The number of carbonyl (C=O) groups excluding carboxylic acids is 1. The standard InChI is InChI=1S/C31H23N3O5/c1-2-31(37)23-13-25-27-21(15-34(25)29(35)22(23)16-38-30(31)36)28(20-12-17(14-32)10-11-24(20)33-27)39-26-9-5-7-18-6-3-4-8-19(18)26/h3-14,32,37H,2,15-16H2,1H3. The third kappa shape index (κ3) is 3.28. The van der Waals surface area contributed by atoms with Crippen LogP contribution in [0.4, 0.5) is 0 Å². The Morgan fingerprint density at radius 3 is 2.72 bits per heavy atom. The van der Waals surface area contributed by atoms with Crippen molar-refractivity contribution in [3.8, 4) is 22.9 Å². The van der Waals surface area contributed by atoms with Gasteiger partial charge in [-0.15, -0.1) is 0 Å². The average molecular weight is 518 g/mol. The van der Waals surface area contributed by atoms with Gasteiger partial charge in [0, 0.05) is 28.1 Å². The molecule has 0 saturated heterocycles. The monoisotopic (exact) mass is 517 g/mol. The Morgan fingerprint density at radius 2 is 1.90 bits per heavy atom. The quantitative estimate of drug-likeness (QED) is 0.251. The molecule has 0 saturated carbocycles. The van der Waals surface area contributed by atoms with Crippen LogP contribution in [0.3, 0.4) is 0 Å². The number of hydrogen-bond acceptors (Lipinski definition) is 7. The maximum atomic E-state index is 13.7. The van der Waals surface area contributed by atoms with Gasteiger partial charge < -0.3 is 24.6 Å². The van der Waals surface area contributed by atoms with Gasteiger partial charge in [0.1, 0.15) is 18.1 Å². The van der Waals surface area contributed by atoms with Crippen LogP contribution in [0.15, 0.2) is 71.5 Å². The second kappa shape index (κ2) is 8.34. The highest BCUT2D eigenvalue weighted by atomic mass is 16.6. The summed E-state index contributed by atoms with van der Waals surface area (Å²) in [5.41, 5.74) is 1.41. The summed E-state index contributed by atoms with van der Waals surface area (Å²) >= 11 is 0. The maximum absolute atomic E-state index is 13.7. The molecule has 192 valence electrons. The number of benzene rings is 3. The van der Waals surface area contributed by atoms with Gasteiger partial charge in [0.25, 0.3) is 5.56 Å². The zero-order chi connectivity index (χ0) is 26.9. The summed E-state index contributed by atoms with van der Waals surface area (Å²) in [4.78, 5) is 31.1. The van der Waals surface area contributed by atoms with Crippen LogP contribution in [-0.2, 0) is 28.3 Å². The van der Waals surface area contributed by atoms with E-state index in [1.165, 1.54) is 6.21 Å². The third-order valence-corrected chi connectivity index (χ3v) is 7.79. The van der Waals surface area contributed by atoms with Crippen molar-refractivity contribution in [2.45, 2.75) is 32.1 Å². The Morgan fingerprint density at radius 1 is 1.08 bits per heavy atom. The first-order chi connectivity index (χ1) is 18.9. The van der Waals surface area contributed by atoms with Gasteiger partial charge >= 0.3 is 5.97 Å². The first-order valence-electron chi connectivity index (χ1n) is 12.7. The number of hydrogen-bond donors (Lipinski definition) is 2. The van der Waals surface area contributed by atoms with Crippen LogP contribution in [0.2, 0.25) is 0 Å². The number of nitrogens with zero attached hydrogens (tertiary/aromatic N) is 2. The lowest BCUT2D eigenvalue weighted by Crippen LogP contribution is -2.44. The van der Waals surface area contributed by atoms with Crippen molar-refractivity contribution in [3.05, 3.63) is 99.3 Å². The molecule has 4 heterocycles. The number of fused-ring (bicyclic) bond motifs is 6. The molecule has 0 fully saturated rings. The highest BCUT2D eigenvalue weighted by molar-refractivity contribution is 5.96. The fourth-order valence-electron chi connectivity index (χ4n) is 5.66. The molecule has 39 heavy (non-hydrogen) atoms. The van der Waals surface area contributed by atoms with Crippen LogP contribution in [0, 0.1) is 5.41 Å². The van der Waals surface area contributed by atoms with E-state index in [0.717, 1.165) is 16.2 Å². The van der Waals surface area contributed by atoms with Crippen molar-refractivity contribution in [3.63, 3.8) is 0 Å². The van der Waals surface area contributed by atoms with Crippen molar-refractivity contribution in [1.29, 1.82) is 5.41 Å². The van der Waals surface area contributed by atoms with Crippen molar-refractivity contribution in [2.24, 2.45) is 0 Å². The van der Waals surface area contributed by atoms with Gasteiger partial charge in [-0.05, 0) is 41.6 Å². The Balaban J connectivity index is 1.50. The van der Waals surface area contributed by atoms with Crippen molar-refractivity contribution >= 4 is 33.9 Å². The topological polar surface area (TPSA) is 115 Å². The van der Waals surface area contributed by atoms with Gasteiger partial charge in [0.2, 0.25) is 0 Å². The van der Waals surface area contributed by atoms with E-state index in [-0.39, 0.29) is 36.3 Å². The zero-order valence-electron chi connectivity index (χ0n) is 21.0. The van der Waals surface area contributed by atoms with Crippen LogP contribution in [0.1, 0.15) is 35.6 Å². The lowest BCUT2D eigenvalue weighted by Gasteiger charge is -2.31. The molecule has 0 amide bonds. The Labute approximate surface area is 222 Å². The summed E-state index contributed by atoms with van der Waals surface area (Å²) in [5.74, 6) is 0.449. The highest BCUT2D eigenvalue weighted by Crippen LogP contribution is 2.45. The van der Waals surface area contributed by atoms with Gasteiger partial charge in [-0.3, -0.25) is 4.79 Å². The van der Waals surface area contributed by atoms with Crippen LogP contribution in [-0.4, -0.2) is 26.8 Å². The van der Waals surface area contributed by atoms with Crippen molar-refractivity contribution in [2.75, 3.05) is 0 Å². The summed E-state index contributed by atoms with van der Waals surface area (Å²) < 4.78 is 13.5. The normalized spacial score (nSPS) is 17.4. The second-order valence-electron chi connectivity index (χ2n) is 9.87. The highest BCUT2D eigenvalue weighted by Gasteiger charge is 2.45. The molecule has 0 aliphatic carbocycles. The van der Waals surface area contributed by atoms with Crippen LogP contribution < -0.4 is 10.3 Å². The predicted molar refractivity (Wildman–Crippen MR) is 146 cm³/mol. The fraction of sp³-hybridized carbons (Fsp3) is 0.161. The molecule has 7 rings (SSSR count). The van der Waals surface area contributed by atoms with Gasteiger partial charge in [-0.1, -0.05) is 49.4 Å². The Hall–Kier alpha value is -4.82. The number of nitrogens with one attached hydrogen (secondary N) is 1. The van der Waals surface area contributed by atoms with Gasteiger partial charge in [-0.2, -0.15) is 0 Å².